The van der Waals surface area contributed by atoms with Crippen molar-refractivity contribution in [3.8, 4) is 5.75 Å². The summed E-state index contributed by atoms with van der Waals surface area (Å²) in [7, 11) is 1.73. The number of phenolic OH excluding ortho intramolecular Hbond substituents is 1. The second kappa shape index (κ2) is 11.4. The van der Waals surface area contributed by atoms with E-state index in [0.717, 1.165) is 29.5 Å². The zero-order valence-corrected chi connectivity index (χ0v) is 18.3. The maximum absolute atomic E-state index is 12.7. The number of amides is 2. The van der Waals surface area contributed by atoms with Crippen molar-refractivity contribution in [1.82, 2.24) is 16.0 Å². The Morgan fingerprint density at radius 1 is 1.03 bits per heavy atom. The molecule has 0 fully saturated rings. The first-order valence-corrected chi connectivity index (χ1v) is 10.4. The average Bonchev–Trinajstić information content (AvgIpc) is 2.71. The quantitative estimate of drug-likeness (QED) is 0.452. The third kappa shape index (κ3) is 6.88. The highest BCUT2D eigenvalue weighted by atomic mass is 16.3. The number of phenols is 1. The number of aryl methyl sites for hydroxylation is 3. The van der Waals surface area contributed by atoms with Gasteiger partial charge in [0.2, 0.25) is 11.8 Å². The number of hydrogen-bond donors (Lipinski definition) is 4. The van der Waals surface area contributed by atoms with Gasteiger partial charge < -0.3 is 21.1 Å². The van der Waals surface area contributed by atoms with Gasteiger partial charge in [0.25, 0.3) is 0 Å². The van der Waals surface area contributed by atoms with Crippen LogP contribution in [0.5, 0.6) is 5.75 Å². The maximum Gasteiger partial charge on any atom is 0.242 e. The molecule has 2 rings (SSSR count). The second-order valence-electron chi connectivity index (χ2n) is 7.71. The summed E-state index contributed by atoms with van der Waals surface area (Å²) in [6.45, 7) is 6.08. The molecular weight excluding hydrogens is 378 g/mol. The van der Waals surface area contributed by atoms with Gasteiger partial charge in [0.15, 0.2) is 0 Å². The fourth-order valence-electron chi connectivity index (χ4n) is 3.50. The van der Waals surface area contributed by atoms with E-state index in [-0.39, 0.29) is 17.6 Å². The van der Waals surface area contributed by atoms with Crippen molar-refractivity contribution in [1.29, 1.82) is 0 Å². The molecule has 162 valence electrons. The number of carbonyl (C=O) groups excluding carboxylic acids is 2. The predicted octanol–water partition coefficient (Wildman–Crippen LogP) is 2.39. The predicted molar refractivity (Wildman–Crippen MR) is 120 cm³/mol. The van der Waals surface area contributed by atoms with Crippen molar-refractivity contribution in [2.45, 2.75) is 52.1 Å². The Balaban J connectivity index is 1.83. The molecule has 0 saturated carbocycles. The van der Waals surface area contributed by atoms with Gasteiger partial charge in [-0.2, -0.15) is 0 Å². The molecule has 6 nitrogen and oxygen atoms in total. The Hall–Kier alpha value is -2.86. The summed E-state index contributed by atoms with van der Waals surface area (Å²) >= 11 is 0. The van der Waals surface area contributed by atoms with Gasteiger partial charge >= 0.3 is 0 Å². The van der Waals surface area contributed by atoms with Gasteiger partial charge in [0.1, 0.15) is 11.8 Å². The van der Waals surface area contributed by atoms with Crippen LogP contribution >= 0.6 is 0 Å². The Morgan fingerprint density at radius 2 is 1.67 bits per heavy atom. The summed E-state index contributed by atoms with van der Waals surface area (Å²) in [6, 6.07) is 12.4. The molecule has 4 N–H and O–H groups in total. The van der Waals surface area contributed by atoms with E-state index < -0.39 is 12.1 Å². The number of nitrogens with one attached hydrogen (secondary N) is 3. The molecule has 30 heavy (non-hydrogen) atoms. The van der Waals surface area contributed by atoms with Crippen LogP contribution in [-0.4, -0.2) is 42.6 Å². The topological polar surface area (TPSA) is 90.5 Å². The molecule has 0 aliphatic carbocycles. The molecule has 0 bridgehead atoms. The van der Waals surface area contributed by atoms with Crippen molar-refractivity contribution in [2.75, 3.05) is 13.6 Å². The number of carbonyl (C=O) groups is 2. The lowest BCUT2D eigenvalue weighted by atomic mass is 9.95. The van der Waals surface area contributed by atoms with Gasteiger partial charge in [-0.3, -0.25) is 9.59 Å². The fraction of sp³-hybridized carbons (Fsp3) is 0.417. The second-order valence-corrected chi connectivity index (χ2v) is 7.71. The molecule has 0 aliphatic heterocycles. The number of benzene rings is 2. The molecule has 6 heteroatoms. The summed E-state index contributed by atoms with van der Waals surface area (Å²) in [5.41, 5.74) is 4.12. The van der Waals surface area contributed by atoms with Crippen LogP contribution < -0.4 is 16.0 Å². The van der Waals surface area contributed by atoms with Crippen LogP contribution in [0.15, 0.2) is 42.5 Å². The van der Waals surface area contributed by atoms with E-state index in [1.165, 1.54) is 5.56 Å². The minimum Gasteiger partial charge on any atom is -0.508 e. The van der Waals surface area contributed by atoms with Crippen molar-refractivity contribution in [3.05, 3.63) is 64.7 Å². The van der Waals surface area contributed by atoms with Gasteiger partial charge in [-0.25, -0.2) is 0 Å². The zero-order chi connectivity index (χ0) is 22.1. The molecule has 1 unspecified atom stereocenters. The third-order valence-corrected chi connectivity index (χ3v) is 5.29. The Kier molecular flexibility index (Phi) is 8.87. The molecule has 0 aromatic heterocycles. The van der Waals surface area contributed by atoms with E-state index in [1.54, 1.807) is 26.1 Å². The molecule has 2 aromatic carbocycles. The average molecular weight is 412 g/mol. The van der Waals surface area contributed by atoms with Crippen molar-refractivity contribution in [3.63, 3.8) is 0 Å². The first kappa shape index (κ1) is 23.4. The molecular formula is C24H33N3O3. The van der Waals surface area contributed by atoms with E-state index in [2.05, 4.69) is 28.1 Å². The van der Waals surface area contributed by atoms with Crippen molar-refractivity contribution < 1.29 is 14.7 Å². The monoisotopic (exact) mass is 411 g/mol. The van der Waals surface area contributed by atoms with Crippen LogP contribution in [0.3, 0.4) is 0 Å². The number of rotatable bonds is 10. The lowest BCUT2D eigenvalue weighted by Crippen LogP contribution is -2.51. The molecule has 0 heterocycles. The van der Waals surface area contributed by atoms with Crippen LogP contribution in [-0.2, 0) is 22.4 Å². The van der Waals surface area contributed by atoms with Crippen molar-refractivity contribution >= 4 is 11.8 Å². The minimum atomic E-state index is -0.618. The van der Waals surface area contributed by atoms with Gasteiger partial charge in [-0.15, -0.1) is 0 Å². The minimum absolute atomic E-state index is 0.191. The highest BCUT2D eigenvalue weighted by Gasteiger charge is 2.23. The summed E-state index contributed by atoms with van der Waals surface area (Å²) in [6.07, 6.45) is 2.22. The van der Waals surface area contributed by atoms with Crippen LogP contribution in [0.1, 0.15) is 35.6 Å². The normalized spacial score (nSPS) is 12.8. The van der Waals surface area contributed by atoms with Gasteiger partial charge in [0.05, 0.1) is 6.04 Å². The highest BCUT2D eigenvalue weighted by Crippen LogP contribution is 2.22. The van der Waals surface area contributed by atoms with Crippen LogP contribution in [0.4, 0.5) is 0 Å². The molecule has 0 spiro atoms. The molecule has 0 saturated heterocycles. The van der Waals surface area contributed by atoms with Gasteiger partial charge in [0, 0.05) is 6.54 Å². The third-order valence-electron chi connectivity index (χ3n) is 5.29. The standard InChI is InChI=1S/C24H33N3O3/c1-16-13-20(28)14-17(2)21(16)15-22(25-4)24(30)27-18(3)23(29)26-12-8-11-19-9-6-5-7-10-19/h5-7,9-10,13-14,18,22,25,28H,8,11-12,15H2,1-4H3,(H,26,29)(H,27,30)/t18-,22?/m1/s1. The Labute approximate surface area is 179 Å². The number of likely N-dealkylation sites (N-methyl/N-ethyl adjacent to an activating group) is 1. The highest BCUT2D eigenvalue weighted by molar-refractivity contribution is 5.89. The summed E-state index contributed by atoms with van der Waals surface area (Å²) in [5, 5.41) is 18.4. The molecule has 0 radical (unpaired) electrons. The summed E-state index contributed by atoms with van der Waals surface area (Å²) in [4.78, 5) is 25.0. The van der Waals surface area contributed by atoms with E-state index in [4.69, 9.17) is 0 Å². The van der Waals surface area contributed by atoms with Gasteiger partial charge in [-0.1, -0.05) is 30.3 Å². The molecule has 2 aromatic rings. The SMILES string of the molecule is CNC(Cc1c(C)cc(O)cc1C)C(=O)N[C@H](C)C(=O)NCCCc1ccccc1. The summed E-state index contributed by atoms with van der Waals surface area (Å²) in [5.74, 6) is -0.198. The van der Waals surface area contributed by atoms with E-state index >= 15 is 0 Å². The lowest BCUT2D eigenvalue weighted by Gasteiger charge is -2.21. The van der Waals surface area contributed by atoms with E-state index in [9.17, 15) is 14.7 Å². The molecule has 0 aliphatic rings. The summed E-state index contributed by atoms with van der Waals surface area (Å²) < 4.78 is 0. The first-order valence-electron chi connectivity index (χ1n) is 10.4. The van der Waals surface area contributed by atoms with Gasteiger partial charge in [-0.05, 0) is 81.5 Å². The van der Waals surface area contributed by atoms with E-state index in [0.29, 0.717) is 13.0 Å². The van der Waals surface area contributed by atoms with Crippen LogP contribution in [0.25, 0.3) is 0 Å². The fourth-order valence-corrected chi connectivity index (χ4v) is 3.50. The smallest absolute Gasteiger partial charge is 0.242 e. The van der Waals surface area contributed by atoms with Crippen molar-refractivity contribution in [2.24, 2.45) is 0 Å². The largest absolute Gasteiger partial charge is 0.508 e. The van der Waals surface area contributed by atoms with E-state index in [1.807, 2.05) is 32.0 Å². The number of hydrogen-bond acceptors (Lipinski definition) is 4. The lowest BCUT2D eigenvalue weighted by molar-refractivity contribution is -0.129. The van der Waals surface area contributed by atoms with Crippen LogP contribution in [0.2, 0.25) is 0 Å². The number of aromatic hydroxyl groups is 1. The first-order chi connectivity index (χ1) is 14.3. The van der Waals surface area contributed by atoms with Crippen LogP contribution in [0, 0.1) is 13.8 Å². The molecule has 2 amide bonds. The maximum atomic E-state index is 12.7. The Morgan fingerprint density at radius 3 is 2.27 bits per heavy atom. The molecule has 2 atom stereocenters. The Bertz CT molecular complexity index is 829. The zero-order valence-electron chi connectivity index (χ0n) is 18.3.